The summed E-state index contributed by atoms with van der Waals surface area (Å²) >= 11 is 0. The Labute approximate surface area is 201 Å². The molecule has 8 nitrogen and oxygen atoms in total. The summed E-state index contributed by atoms with van der Waals surface area (Å²) in [6, 6.07) is 13.6. The first-order valence-corrected chi connectivity index (χ1v) is 12.2. The minimum atomic E-state index is -0.0535. The van der Waals surface area contributed by atoms with Gasteiger partial charge in [-0.25, -0.2) is 4.98 Å². The molecule has 182 valence electrons. The molecule has 0 unspecified atom stereocenters. The van der Waals surface area contributed by atoms with Crippen molar-refractivity contribution in [3.05, 3.63) is 54.2 Å². The number of carbonyl (C=O) groups is 2. The molecule has 0 spiro atoms. The fraction of sp³-hybridized carbons (Fsp3) is 0.500. The van der Waals surface area contributed by atoms with Crippen LogP contribution in [0.2, 0.25) is 0 Å². The molecule has 2 aromatic rings. The number of aromatic nitrogens is 1. The number of anilines is 1. The summed E-state index contributed by atoms with van der Waals surface area (Å²) in [7, 11) is 2.14. The van der Waals surface area contributed by atoms with Crippen molar-refractivity contribution in [1.82, 2.24) is 20.1 Å². The van der Waals surface area contributed by atoms with Gasteiger partial charge in [-0.05, 0) is 43.7 Å². The van der Waals surface area contributed by atoms with Crippen LogP contribution in [-0.2, 0) is 16.1 Å². The van der Waals surface area contributed by atoms with Crippen molar-refractivity contribution in [2.45, 2.75) is 25.8 Å². The zero-order valence-electron chi connectivity index (χ0n) is 20.0. The maximum Gasteiger partial charge on any atom is 0.225 e. The minimum absolute atomic E-state index is 0.0535. The van der Waals surface area contributed by atoms with E-state index in [2.05, 4.69) is 27.1 Å². The Morgan fingerprint density at radius 3 is 2.41 bits per heavy atom. The van der Waals surface area contributed by atoms with E-state index in [1.165, 1.54) is 0 Å². The second-order valence-electron chi connectivity index (χ2n) is 9.10. The maximum atomic E-state index is 12.7. The van der Waals surface area contributed by atoms with Crippen LogP contribution in [0.15, 0.2) is 48.7 Å². The lowest BCUT2D eigenvalue weighted by atomic mass is 9.95. The smallest absolute Gasteiger partial charge is 0.225 e. The molecular weight excluding hydrogens is 430 g/mol. The highest BCUT2D eigenvalue weighted by Gasteiger charge is 2.27. The highest BCUT2D eigenvalue weighted by atomic mass is 16.5. The average Bonchev–Trinajstić information content (AvgIpc) is 2.89. The number of ether oxygens (including phenoxy) is 1. The number of likely N-dealkylation sites (tertiary alicyclic amines) is 1. The van der Waals surface area contributed by atoms with E-state index in [1.54, 1.807) is 0 Å². The van der Waals surface area contributed by atoms with Gasteiger partial charge in [-0.15, -0.1) is 0 Å². The second-order valence-corrected chi connectivity index (χ2v) is 9.10. The van der Waals surface area contributed by atoms with Crippen molar-refractivity contribution < 1.29 is 14.3 Å². The average molecular weight is 466 g/mol. The number of nitrogens with one attached hydrogen (secondary N) is 1. The van der Waals surface area contributed by atoms with Crippen LogP contribution in [0.3, 0.4) is 0 Å². The fourth-order valence-electron chi connectivity index (χ4n) is 4.40. The Morgan fingerprint density at radius 1 is 1.00 bits per heavy atom. The van der Waals surface area contributed by atoms with E-state index >= 15 is 0 Å². The number of carbonyl (C=O) groups excluding carboxylic acids is 2. The van der Waals surface area contributed by atoms with E-state index < -0.39 is 0 Å². The number of amides is 2. The Bertz CT molecular complexity index is 921. The molecule has 2 aliphatic rings. The summed E-state index contributed by atoms with van der Waals surface area (Å²) in [5.41, 5.74) is 0.997. The zero-order chi connectivity index (χ0) is 23.8. The van der Waals surface area contributed by atoms with Crippen molar-refractivity contribution in [2.24, 2.45) is 5.92 Å². The van der Waals surface area contributed by atoms with Gasteiger partial charge in [0.2, 0.25) is 11.8 Å². The van der Waals surface area contributed by atoms with Gasteiger partial charge < -0.3 is 24.8 Å². The third-order valence-electron chi connectivity index (χ3n) is 6.65. The predicted molar refractivity (Wildman–Crippen MR) is 132 cm³/mol. The summed E-state index contributed by atoms with van der Waals surface area (Å²) in [4.78, 5) is 36.2. The summed E-state index contributed by atoms with van der Waals surface area (Å²) in [5.74, 6) is 1.86. The number of pyridine rings is 1. The molecule has 0 saturated carbocycles. The van der Waals surface area contributed by atoms with Crippen LogP contribution in [0.25, 0.3) is 0 Å². The number of nitrogens with zero attached hydrogens (tertiary/aromatic N) is 4. The van der Waals surface area contributed by atoms with Crippen LogP contribution in [0.5, 0.6) is 5.75 Å². The number of benzene rings is 1. The first-order chi connectivity index (χ1) is 16.6. The molecule has 2 fully saturated rings. The molecule has 1 aromatic carbocycles. The van der Waals surface area contributed by atoms with Gasteiger partial charge in [0.1, 0.15) is 11.6 Å². The van der Waals surface area contributed by atoms with Gasteiger partial charge in [-0.2, -0.15) is 0 Å². The largest absolute Gasteiger partial charge is 0.493 e. The van der Waals surface area contributed by atoms with Crippen LogP contribution >= 0.6 is 0 Å². The van der Waals surface area contributed by atoms with Gasteiger partial charge in [-0.3, -0.25) is 9.59 Å². The summed E-state index contributed by atoms with van der Waals surface area (Å²) < 4.78 is 5.63. The maximum absolute atomic E-state index is 12.7. The molecule has 34 heavy (non-hydrogen) atoms. The molecule has 1 N–H and O–H groups in total. The van der Waals surface area contributed by atoms with Crippen LogP contribution in [0.4, 0.5) is 5.82 Å². The monoisotopic (exact) mass is 465 g/mol. The molecule has 0 radical (unpaired) electrons. The predicted octanol–water partition coefficient (Wildman–Crippen LogP) is 2.16. The van der Waals surface area contributed by atoms with Crippen molar-refractivity contribution in [3.63, 3.8) is 0 Å². The molecule has 0 atom stereocenters. The van der Waals surface area contributed by atoms with E-state index in [1.807, 2.05) is 53.6 Å². The van der Waals surface area contributed by atoms with Gasteiger partial charge in [-0.1, -0.05) is 24.3 Å². The number of hydrogen-bond acceptors (Lipinski definition) is 6. The van der Waals surface area contributed by atoms with Crippen molar-refractivity contribution >= 4 is 17.6 Å². The highest BCUT2D eigenvalue weighted by Crippen LogP contribution is 2.19. The first kappa shape index (κ1) is 24.0. The first-order valence-electron chi connectivity index (χ1n) is 12.2. The molecule has 2 saturated heterocycles. The number of piperazine rings is 1. The van der Waals surface area contributed by atoms with E-state index in [-0.39, 0.29) is 17.7 Å². The lowest BCUT2D eigenvalue weighted by molar-refractivity contribution is -0.136. The Balaban J connectivity index is 1.14. The minimum Gasteiger partial charge on any atom is -0.493 e. The van der Waals surface area contributed by atoms with E-state index in [0.29, 0.717) is 45.5 Å². The van der Waals surface area contributed by atoms with Crippen LogP contribution in [0.1, 0.15) is 24.8 Å². The van der Waals surface area contributed by atoms with Gasteiger partial charge in [0.15, 0.2) is 0 Å². The molecule has 0 aliphatic carbocycles. The van der Waals surface area contributed by atoms with Crippen LogP contribution < -0.4 is 15.0 Å². The molecule has 2 aliphatic heterocycles. The SMILES string of the molecule is CN1CCN(c2ccc(CNC(=O)C3CCN(C(=O)CCOc4ccccc4)CC3)cn2)CC1. The highest BCUT2D eigenvalue weighted by molar-refractivity contribution is 5.80. The normalized spacial score (nSPS) is 17.4. The Morgan fingerprint density at radius 2 is 1.74 bits per heavy atom. The third-order valence-corrected chi connectivity index (χ3v) is 6.65. The Hall–Kier alpha value is -3.13. The van der Waals surface area contributed by atoms with Crippen LogP contribution in [-0.4, -0.2) is 79.5 Å². The fourth-order valence-corrected chi connectivity index (χ4v) is 4.40. The lowest BCUT2D eigenvalue weighted by Gasteiger charge is -2.33. The van der Waals surface area contributed by atoms with E-state index in [4.69, 9.17) is 4.74 Å². The summed E-state index contributed by atoms with van der Waals surface area (Å²) in [6.45, 7) is 6.14. The van der Waals surface area contributed by atoms with E-state index in [0.717, 1.165) is 43.3 Å². The topological polar surface area (TPSA) is 78.0 Å². The molecule has 2 amide bonds. The number of rotatable bonds is 8. The lowest BCUT2D eigenvalue weighted by Crippen LogP contribution is -2.44. The Kier molecular flexibility index (Phi) is 8.36. The van der Waals surface area contributed by atoms with Gasteiger partial charge >= 0.3 is 0 Å². The molecular formula is C26H35N5O3. The van der Waals surface area contributed by atoms with Gasteiger partial charge in [0.05, 0.1) is 13.0 Å². The number of para-hydroxylation sites is 1. The van der Waals surface area contributed by atoms with Gasteiger partial charge in [0, 0.05) is 57.9 Å². The molecule has 4 rings (SSSR count). The van der Waals surface area contributed by atoms with Crippen molar-refractivity contribution in [2.75, 3.05) is 57.8 Å². The standard InChI is InChI=1S/C26H35N5O3/c1-29-14-16-30(17-15-29)24-8-7-21(19-27-24)20-28-26(33)22-9-12-31(13-10-22)25(32)11-18-34-23-5-3-2-4-6-23/h2-8,19,22H,9-18,20H2,1H3,(H,28,33). The molecule has 3 heterocycles. The third kappa shape index (κ3) is 6.70. The van der Waals surface area contributed by atoms with E-state index in [9.17, 15) is 9.59 Å². The number of hydrogen-bond donors (Lipinski definition) is 1. The quantitative estimate of drug-likeness (QED) is 0.644. The van der Waals surface area contributed by atoms with Gasteiger partial charge in [0.25, 0.3) is 0 Å². The van der Waals surface area contributed by atoms with Crippen LogP contribution in [0, 0.1) is 5.92 Å². The molecule has 1 aromatic heterocycles. The van der Waals surface area contributed by atoms with Crippen molar-refractivity contribution in [3.8, 4) is 5.75 Å². The zero-order valence-corrected chi connectivity index (χ0v) is 20.0. The second kappa shape index (κ2) is 11.8. The molecule has 8 heteroatoms. The van der Waals surface area contributed by atoms with Crippen molar-refractivity contribution in [1.29, 1.82) is 0 Å². The summed E-state index contributed by atoms with van der Waals surface area (Å²) in [5, 5.41) is 3.05. The summed E-state index contributed by atoms with van der Waals surface area (Å²) in [6.07, 6.45) is 3.59. The number of piperidine rings is 1. The molecule has 0 bridgehead atoms. The number of likely N-dealkylation sites (N-methyl/N-ethyl adjacent to an activating group) is 1.